The number of carbonyl (C=O) groups excluding carboxylic acids is 1. The van der Waals surface area contributed by atoms with E-state index in [1.807, 2.05) is 51.1 Å². The molecule has 0 aliphatic carbocycles. The summed E-state index contributed by atoms with van der Waals surface area (Å²) in [6, 6.07) is 16.3. The topological polar surface area (TPSA) is 85.6 Å². The predicted octanol–water partition coefficient (Wildman–Crippen LogP) is 6.91. The molecule has 3 aromatic carbocycles. The first-order valence-corrected chi connectivity index (χ1v) is 13.3. The van der Waals surface area contributed by atoms with E-state index in [1.165, 1.54) is 10.9 Å². The first-order valence-electron chi connectivity index (χ1n) is 11.4. The van der Waals surface area contributed by atoms with Crippen LogP contribution in [0.25, 0.3) is 10.9 Å². The molecule has 1 aromatic heterocycles. The smallest absolute Gasteiger partial charge is 0.282 e. The van der Waals surface area contributed by atoms with Crippen molar-refractivity contribution >= 4 is 72.2 Å². The quantitative estimate of drug-likeness (QED) is 0.221. The molecule has 1 amide bonds. The minimum Gasteiger partial charge on any atom is -0.481 e. The van der Waals surface area contributed by atoms with Gasteiger partial charge in [0.2, 0.25) is 0 Å². The van der Waals surface area contributed by atoms with Crippen molar-refractivity contribution in [2.45, 2.75) is 26.7 Å². The summed E-state index contributed by atoms with van der Waals surface area (Å²) in [6.45, 7) is 5.60. The van der Waals surface area contributed by atoms with Crippen LogP contribution in [0.15, 0.2) is 73.4 Å². The summed E-state index contributed by atoms with van der Waals surface area (Å²) in [5, 5.41) is 8.00. The molecule has 0 saturated heterocycles. The fraction of sp³-hybridized carbons (Fsp3) is 0.185. The Morgan fingerprint density at radius 3 is 2.65 bits per heavy atom. The lowest BCUT2D eigenvalue weighted by Gasteiger charge is -2.13. The monoisotopic (exact) mass is 644 g/mol. The number of halogens is 3. The number of aromatic nitrogens is 2. The molecule has 4 aromatic rings. The van der Waals surface area contributed by atoms with Gasteiger partial charge in [-0.15, -0.1) is 0 Å². The van der Waals surface area contributed by atoms with Gasteiger partial charge in [-0.05, 0) is 70.4 Å². The number of aryl methyl sites for hydroxylation is 1. The third kappa shape index (κ3) is 6.29. The Labute approximate surface area is 235 Å². The molecule has 0 saturated carbocycles. The van der Waals surface area contributed by atoms with Crippen LogP contribution >= 0.6 is 43.5 Å². The van der Waals surface area contributed by atoms with E-state index in [0.717, 1.165) is 15.7 Å². The lowest BCUT2D eigenvalue weighted by molar-refractivity contribution is -0.118. The minimum atomic E-state index is -0.307. The zero-order valence-electron chi connectivity index (χ0n) is 20.3. The number of anilines is 1. The van der Waals surface area contributed by atoms with E-state index >= 15 is 0 Å². The largest absolute Gasteiger partial charge is 0.481 e. The van der Waals surface area contributed by atoms with E-state index < -0.39 is 0 Å². The van der Waals surface area contributed by atoms with Crippen molar-refractivity contribution in [2.75, 3.05) is 11.9 Å². The van der Waals surface area contributed by atoms with Crippen LogP contribution < -0.4 is 15.6 Å². The van der Waals surface area contributed by atoms with Crippen LogP contribution in [0.2, 0.25) is 5.02 Å². The van der Waals surface area contributed by atoms with Gasteiger partial charge in [-0.3, -0.25) is 9.59 Å². The van der Waals surface area contributed by atoms with Crippen LogP contribution in [-0.4, -0.2) is 28.4 Å². The second-order valence-corrected chi connectivity index (χ2v) is 10.8. The van der Waals surface area contributed by atoms with E-state index in [-0.39, 0.29) is 29.0 Å². The van der Waals surface area contributed by atoms with Gasteiger partial charge < -0.3 is 10.1 Å². The Kier molecular flexibility index (Phi) is 8.46. The van der Waals surface area contributed by atoms with Crippen molar-refractivity contribution in [3.63, 3.8) is 0 Å². The molecule has 0 fully saturated rings. The van der Waals surface area contributed by atoms with Crippen LogP contribution in [0.1, 0.15) is 36.7 Å². The van der Waals surface area contributed by atoms with Gasteiger partial charge in [0.1, 0.15) is 5.82 Å². The molecule has 0 unspecified atom stereocenters. The summed E-state index contributed by atoms with van der Waals surface area (Å²) >= 11 is 13.3. The average Bonchev–Trinajstić information content (AvgIpc) is 2.84. The van der Waals surface area contributed by atoms with Gasteiger partial charge in [0, 0.05) is 16.1 Å². The molecule has 0 spiro atoms. The second-order valence-electron chi connectivity index (χ2n) is 8.61. The Hall–Kier alpha value is -3.01. The van der Waals surface area contributed by atoms with Gasteiger partial charge >= 0.3 is 0 Å². The van der Waals surface area contributed by atoms with Crippen LogP contribution in [-0.2, 0) is 4.79 Å². The number of ether oxygens (including phenoxy) is 1. The maximum Gasteiger partial charge on any atom is 0.282 e. The van der Waals surface area contributed by atoms with E-state index in [9.17, 15) is 9.59 Å². The molecule has 7 nitrogen and oxygen atoms in total. The Morgan fingerprint density at radius 1 is 1.19 bits per heavy atom. The minimum absolute atomic E-state index is 0.0326. The summed E-state index contributed by atoms with van der Waals surface area (Å²) in [7, 11) is 0. The molecule has 1 heterocycles. The summed E-state index contributed by atoms with van der Waals surface area (Å²) in [6.07, 6.45) is 1.53. The molecule has 0 bridgehead atoms. The van der Waals surface area contributed by atoms with Crippen molar-refractivity contribution in [1.82, 2.24) is 9.66 Å². The van der Waals surface area contributed by atoms with Crippen LogP contribution in [0.3, 0.4) is 0 Å². The molecule has 0 aliphatic rings. The molecular weight excluding hydrogens is 624 g/mol. The van der Waals surface area contributed by atoms with Crippen LogP contribution in [0.4, 0.5) is 5.69 Å². The van der Waals surface area contributed by atoms with Crippen molar-refractivity contribution in [3.05, 3.63) is 95.9 Å². The summed E-state index contributed by atoms with van der Waals surface area (Å²) in [4.78, 5) is 30.2. The molecule has 4 rings (SSSR count). The van der Waals surface area contributed by atoms with E-state index in [2.05, 4.69) is 47.3 Å². The number of carbonyl (C=O) groups is 1. The Bertz CT molecular complexity index is 1560. The Morgan fingerprint density at radius 2 is 1.95 bits per heavy atom. The summed E-state index contributed by atoms with van der Waals surface area (Å²) in [5.41, 5.74) is 2.65. The van der Waals surface area contributed by atoms with Crippen molar-refractivity contribution in [2.24, 2.45) is 5.10 Å². The molecule has 190 valence electrons. The first kappa shape index (κ1) is 27.0. The highest BCUT2D eigenvalue weighted by molar-refractivity contribution is 9.10. The molecule has 0 aliphatic heterocycles. The first-order chi connectivity index (χ1) is 17.6. The SMILES string of the molecule is Cc1ccccc1NC(=O)COc1c(Cl)cc(C=Nn2c(C(C)C)nc3ccc(Br)cc3c2=O)cc1Br. The van der Waals surface area contributed by atoms with Gasteiger partial charge in [-0.25, -0.2) is 4.98 Å². The number of nitrogens with zero attached hydrogens (tertiary/aromatic N) is 3. The summed E-state index contributed by atoms with van der Waals surface area (Å²) in [5.74, 6) is 0.533. The molecule has 0 atom stereocenters. The predicted molar refractivity (Wildman–Crippen MR) is 155 cm³/mol. The third-order valence-corrected chi connectivity index (χ3v) is 6.82. The van der Waals surface area contributed by atoms with Gasteiger partial charge in [0.15, 0.2) is 12.4 Å². The van der Waals surface area contributed by atoms with Crippen molar-refractivity contribution < 1.29 is 9.53 Å². The summed E-state index contributed by atoms with van der Waals surface area (Å²) < 4.78 is 8.32. The number of rotatable bonds is 7. The lowest BCUT2D eigenvalue weighted by Crippen LogP contribution is -2.23. The number of hydrogen-bond donors (Lipinski definition) is 1. The molecule has 0 radical (unpaired) electrons. The normalized spacial score (nSPS) is 11.4. The number of fused-ring (bicyclic) bond motifs is 1. The van der Waals surface area contributed by atoms with Gasteiger partial charge in [0.25, 0.3) is 11.5 Å². The maximum atomic E-state index is 13.2. The highest BCUT2D eigenvalue weighted by Gasteiger charge is 2.15. The van der Waals surface area contributed by atoms with Crippen LogP contribution in [0.5, 0.6) is 5.75 Å². The number of amides is 1. The lowest BCUT2D eigenvalue weighted by atomic mass is 10.2. The van der Waals surface area contributed by atoms with E-state index in [1.54, 1.807) is 24.3 Å². The highest BCUT2D eigenvalue weighted by Crippen LogP contribution is 2.34. The zero-order chi connectivity index (χ0) is 26.7. The third-order valence-electron chi connectivity index (χ3n) is 5.46. The second kappa shape index (κ2) is 11.6. The molecule has 1 N–H and O–H groups in total. The number of hydrogen-bond acceptors (Lipinski definition) is 5. The van der Waals surface area contributed by atoms with Gasteiger partial charge in [-0.1, -0.05) is 59.6 Å². The fourth-order valence-electron chi connectivity index (χ4n) is 3.60. The van der Waals surface area contributed by atoms with Gasteiger partial charge in [-0.2, -0.15) is 9.78 Å². The fourth-order valence-corrected chi connectivity index (χ4v) is 4.95. The van der Waals surface area contributed by atoms with Gasteiger partial charge in [0.05, 0.1) is 26.6 Å². The molecular formula is C27H23Br2ClN4O3. The van der Waals surface area contributed by atoms with E-state index in [4.69, 9.17) is 16.3 Å². The number of benzene rings is 3. The number of nitrogens with one attached hydrogen (secondary N) is 1. The average molecular weight is 647 g/mol. The highest BCUT2D eigenvalue weighted by atomic mass is 79.9. The number of para-hydroxylation sites is 1. The maximum absolute atomic E-state index is 13.2. The standard InChI is InChI=1S/C27H23Br2ClN4O3/c1-15(2)26-33-23-9-8-18(28)12-19(23)27(36)34(26)31-13-17-10-20(29)25(21(30)11-17)37-14-24(35)32-22-7-5-4-6-16(22)3/h4-13,15H,14H2,1-3H3,(H,32,35). The van der Waals surface area contributed by atoms with Crippen LogP contribution in [0, 0.1) is 6.92 Å². The molecule has 10 heteroatoms. The Balaban J connectivity index is 1.56. The van der Waals surface area contributed by atoms with E-state index in [0.29, 0.717) is 32.5 Å². The van der Waals surface area contributed by atoms with Crippen molar-refractivity contribution in [3.8, 4) is 5.75 Å². The van der Waals surface area contributed by atoms with Crippen molar-refractivity contribution in [1.29, 1.82) is 0 Å². The zero-order valence-corrected chi connectivity index (χ0v) is 24.2. The molecule has 37 heavy (non-hydrogen) atoms.